The first-order valence-electron chi connectivity index (χ1n) is 15.6. The minimum Gasteiger partial charge on any atom is -0.490 e. The van der Waals surface area contributed by atoms with Crippen molar-refractivity contribution in [3.05, 3.63) is 64.7 Å². The molecule has 11 nitrogen and oxygen atoms in total. The van der Waals surface area contributed by atoms with Gasteiger partial charge < -0.3 is 19.1 Å². The number of ether oxygens (including phenoxy) is 3. The van der Waals surface area contributed by atoms with Gasteiger partial charge in [0, 0.05) is 29.4 Å². The van der Waals surface area contributed by atoms with Crippen molar-refractivity contribution in [3.63, 3.8) is 0 Å². The summed E-state index contributed by atoms with van der Waals surface area (Å²) in [6, 6.07) is 10.8. The molecular weight excluding hydrogens is 634 g/mol. The number of hydroxylamine groups is 1. The van der Waals surface area contributed by atoms with E-state index >= 15 is 0 Å². The van der Waals surface area contributed by atoms with Gasteiger partial charge in [-0.25, -0.2) is 17.9 Å². The summed E-state index contributed by atoms with van der Waals surface area (Å²) in [5, 5.41) is 0.693. The smallest absolute Gasteiger partial charge is 0.431 e. The van der Waals surface area contributed by atoms with Crippen molar-refractivity contribution in [2.24, 2.45) is 11.8 Å². The standard InChI is InChI=1S/C33H40ClN3O8S/c1-32(2)30(38)36-46(40,41)24-10-13-29-27(17-24)37(19-33(20-43-29)14-4-6-21-16-23(34)9-12-26(21)33)18-22-8-11-25(22)28(7-5-15-44-32)45-31(39)35-42-3/h5,7,9-10,12-13,16-17,22,25,28H,4,6,8,11,14-15,18-20H2,1-3H3,(H,35,39)(H,36,38)/t22-,25+,28-,33-/m0/s1. The molecule has 2 aromatic rings. The third-order valence-corrected chi connectivity index (χ3v) is 11.3. The molecular formula is C33H40ClN3O8S. The second-order valence-corrected chi connectivity index (χ2v) is 15.2. The van der Waals surface area contributed by atoms with E-state index in [1.807, 2.05) is 12.1 Å². The van der Waals surface area contributed by atoms with Crippen LogP contribution in [0.4, 0.5) is 10.5 Å². The predicted octanol–water partition coefficient (Wildman–Crippen LogP) is 4.67. The van der Waals surface area contributed by atoms with Crippen LogP contribution < -0.4 is 19.8 Å². The normalized spacial score (nSPS) is 28.4. The fourth-order valence-corrected chi connectivity index (χ4v) is 8.43. The number of carbonyl (C=O) groups excluding carboxylic acids is 2. The van der Waals surface area contributed by atoms with Crippen molar-refractivity contribution in [2.45, 2.75) is 68.0 Å². The maximum atomic E-state index is 13.5. The first-order chi connectivity index (χ1) is 21.9. The maximum Gasteiger partial charge on any atom is 0.431 e. The van der Waals surface area contributed by atoms with Crippen LogP contribution in [0.15, 0.2) is 53.4 Å². The van der Waals surface area contributed by atoms with Crippen LogP contribution in [0.2, 0.25) is 5.02 Å². The number of benzene rings is 2. The van der Waals surface area contributed by atoms with Crippen LogP contribution >= 0.6 is 11.6 Å². The molecule has 2 N–H and O–H groups in total. The number of amides is 2. The quantitative estimate of drug-likeness (QED) is 0.345. The first kappa shape index (κ1) is 32.6. The lowest BCUT2D eigenvalue weighted by molar-refractivity contribution is -0.139. The molecule has 2 aromatic carbocycles. The zero-order chi connectivity index (χ0) is 32.7. The van der Waals surface area contributed by atoms with E-state index in [1.54, 1.807) is 24.3 Å². The Labute approximate surface area is 274 Å². The summed E-state index contributed by atoms with van der Waals surface area (Å²) in [6.07, 6.45) is 6.67. The highest BCUT2D eigenvalue weighted by molar-refractivity contribution is 7.90. The van der Waals surface area contributed by atoms with Crippen LogP contribution in [0, 0.1) is 11.8 Å². The number of rotatable bonds is 2. The Balaban J connectivity index is 1.43. The Morgan fingerprint density at radius 3 is 2.76 bits per heavy atom. The van der Waals surface area contributed by atoms with Crippen molar-refractivity contribution in [3.8, 4) is 5.75 Å². The van der Waals surface area contributed by atoms with Crippen LogP contribution in [0.3, 0.4) is 0 Å². The Morgan fingerprint density at radius 2 is 2.00 bits per heavy atom. The monoisotopic (exact) mass is 673 g/mol. The highest BCUT2D eigenvalue weighted by Crippen LogP contribution is 2.47. The number of hydrogen-bond acceptors (Lipinski definition) is 9. The van der Waals surface area contributed by atoms with Crippen LogP contribution in [0.25, 0.3) is 0 Å². The lowest BCUT2D eigenvalue weighted by atomic mass is 9.68. The molecule has 2 bridgehead atoms. The van der Waals surface area contributed by atoms with Crippen LogP contribution in [-0.4, -0.2) is 65.5 Å². The SMILES string of the molecule is CONC(=O)O[C@H]1C=CCOC(C)(C)C(=O)NS(=O)(=O)c2ccc3c(c2)N(C[C@@H]2CC[C@H]21)C[C@@]1(CCCc2cc(Cl)ccc21)CO3. The van der Waals surface area contributed by atoms with Gasteiger partial charge in [-0.05, 0) is 99.4 Å². The van der Waals surface area contributed by atoms with Crippen molar-refractivity contribution < 1.29 is 37.1 Å². The average Bonchev–Trinajstić information content (AvgIpc) is 3.13. The van der Waals surface area contributed by atoms with E-state index in [1.165, 1.54) is 38.2 Å². The number of hydrogen-bond donors (Lipinski definition) is 2. The fraction of sp³-hybridized carbons (Fsp3) is 0.515. The highest BCUT2D eigenvalue weighted by atomic mass is 35.5. The van der Waals surface area contributed by atoms with Gasteiger partial charge in [0.2, 0.25) is 0 Å². The molecule has 2 aliphatic carbocycles. The van der Waals surface area contributed by atoms with Crippen LogP contribution in [0.5, 0.6) is 5.75 Å². The Bertz CT molecular complexity index is 1650. The van der Waals surface area contributed by atoms with Gasteiger partial charge in [-0.1, -0.05) is 23.7 Å². The van der Waals surface area contributed by atoms with Gasteiger partial charge in [0.25, 0.3) is 15.9 Å². The molecule has 0 radical (unpaired) electrons. The summed E-state index contributed by atoms with van der Waals surface area (Å²) < 4.78 is 47.4. The van der Waals surface area contributed by atoms with Gasteiger partial charge in [-0.3, -0.25) is 9.63 Å². The molecule has 2 aliphatic heterocycles. The molecule has 13 heteroatoms. The van der Waals surface area contributed by atoms with Crippen molar-refractivity contribution in [1.29, 1.82) is 0 Å². The van der Waals surface area contributed by atoms with Gasteiger partial charge in [-0.2, -0.15) is 5.48 Å². The Hall–Kier alpha value is -3.32. The lowest BCUT2D eigenvalue weighted by Gasteiger charge is -2.45. The minimum absolute atomic E-state index is 0.00212. The second-order valence-electron chi connectivity index (χ2n) is 13.1. The summed E-state index contributed by atoms with van der Waals surface area (Å²) in [6.45, 7) is 4.57. The van der Waals surface area contributed by atoms with Gasteiger partial charge in [0.1, 0.15) is 17.5 Å². The number of fused-ring (bicyclic) bond motifs is 4. The molecule has 4 atom stereocenters. The van der Waals surface area contributed by atoms with Crippen molar-refractivity contribution in [2.75, 3.05) is 38.3 Å². The van der Waals surface area contributed by atoms with Gasteiger partial charge in [-0.15, -0.1) is 0 Å². The van der Waals surface area contributed by atoms with E-state index in [0.29, 0.717) is 36.2 Å². The van der Waals surface area contributed by atoms with E-state index in [-0.39, 0.29) is 28.8 Å². The highest BCUT2D eigenvalue weighted by Gasteiger charge is 2.45. The molecule has 2 heterocycles. The Morgan fingerprint density at radius 1 is 1.17 bits per heavy atom. The number of nitrogens with zero attached hydrogens (tertiary/aromatic N) is 1. The number of sulfonamides is 1. The Kier molecular flexibility index (Phi) is 9.01. The zero-order valence-electron chi connectivity index (χ0n) is 26.2. The molecule has 1 spiro atoms. The van der Waals surface area contributed by atoms with Gasteiger partial charge in [0.05, 0.1) is 30.9 Å². The summed E-state index contributed by atoms with van der Waals surface area (Å²) in [4.78, 5) is 32.6. The number of aryl methyl sites for hydroxylation is 1. The number of halogens is 1. The molecule has 0 aromatic heterocycles. The van der Waals surface area contributed by atoms with E-state index in [0.717, 1.165) is 32.1 Å². The largest absolute Gasteiger partial charge is 0.490 e. The van der Waals surface area contributed by atoms with E-state index in [2.05, 4.69) is 21.2 Å². The van der Waals surface area contributed by atoms with E-state index < -0.39 is 33.7 Å². The molecule has 248 valence electrons. The fourth-order valence-electron chi connectivity index (χ4n) is 7.11. The molecule has 1 fully saturated rings. The molecule has 1 saturated carbocycles. The summed E-state index contributed by atoms with van der Waals surface area (Å²) >= 11 is 6.40. The van der Waals surface area contributed by atoms with Crippen molar-refractivity contribution >= 4 is 39.3 Å². The third-order valence-electron chi connectivity index (χ3n) is 9.74. The summed E-state index contributed by atoms with van der Waals surface area (Å²) in [7, 11) is -2.90. The van der Waals surface area contributed by atoms with Crippen LogP contribution in [-0.2, 0) is 41.0 Å². The van der Waals surface area contributed by atoms with E-state index in [4.69, 9.17) is 30.6 Å². The van der Waals surface area contributed by atoms with E-state index in [9.17, 15) is 18.0 Å². The zero-order valence-corrected chi connectivity index (χ0v) is 27.8. The molecule has 6 rings (SSSR count). The minimum atomic E-state index is -4.24. The topological polar surface area (TPSA) is 132 Å². The second kappa shape index (κ2) is 12.7. The van der Waals surface area contributed by atoms with Gasteiger partial charge >= 0.3 is 6.09 Å². The van der Waals surface area contributed by atoms with Crippen molar-refractivity contribution in [1.82, 2.24) is 10.2 Å². The third kappa shape index (κ3) is 6.45. The number of carbonyl (C=O) groups is 2. The predicted molar refractivity (Wildman–Crippen MR) is 171 cm³/mol. The maximum absolute atomic E-state index is 13.5. The molecule has 0 unspecified atom stereocenters. The average molecular weight is 674 g/mol. The molecule has 46 heavy (non-hydrogen) atoms. The molecule has 4 aliphatic rings. The summed E-state index contributed by atoms with van der Waals surface area (Å²) in [5.41, 5.74) is 3.41. The number of anilines is 1. The first-order valence-corrected chi connectivity index (χ1v) is 17.5. The van der Waals surface area contributed by atoms with Gasteiger partial charge in [0.15, 0.2) is 0 Å². The molecule has 2 amide bonds. The summed E-state index contributed by atoms with van der Waals surface area (Å²) in [5.74, 6) is -0.141. The number of nitrogens with one attached hydrogen (secondary N) is 2. The van der Waals surface area contributed by atoms with Crippen LogP contribution in [0.1, 0.15) is 50.7 Å². The lowest BCUT2D eigenvalue weighted by Crippen LogP contribution is -2.50. The molecule has 0 saturated heterocycles.